The highest BCUT2D eigenvalue weighted by molar-refractivity contribution is 6.09. The van der Waals surface area contributed by atoms with Crippen LogP contribution in [0.3, 0.4) is 0 Å². The number of hydrogen-bond donors (Lipinski definition) is 0. The molecular formula is C17H19NO2. The van der Waals surface area contributed by atoms with Crippen LogP contribution in [0.2, 0.25) is 0 Å². The van der Waals surface area contributed by atoms with Crippen LogP contribution in [-0.2, 0) is 0 Å². The van der Waals surface area contributed by atoms with Gasteiger partial charge < -0.3 is 4.74 Å². The molecule has 2 rings (SSSR count). The highest BCUT2D eigenvalue weighted by Gasteiger charge is 2.12. The minimum Gasteiger partial charge on any atom is -0.489 e. The first-order valence-corrected chi connectivity index (χ1v) is 6.70. The first kappa shape index (κ1) is 14.3. The smallest absolute Gasteiger partial charge is 0.194 e. The van der Waals surface area contributed by atoms with Crippen LogP contribution in [0.25, 0.3) is 0 Å². The number of nitrogens with zero attached hydrogens (tertiary/aromatic N) is 1. The van der Waals surface area contributed by atoms with Gasteiger partial charge in [0.25, 0.3) is 0 Å². The van der Waals surface area contributed by atoms with Gasteiger partial charge in [-0.3, -0.25) is 9.78 Å². The summed E-state index contributed by atoms with van der Waals surface area (Å²) in [5, 5.41) is 0. The summed E-state index contributed by atoms with van der Waals surface area (Å²) >= 11 is 0. The zero-order valence-corrected chi connectivity index (χ0v) is 12.3. The summed E-state index contributed by atoms with van der Waals surface area (Å²) in [6.07, 6.45) is 3.26. The van der Waals surface area contributed by atoms with E-state index in [1.165, 1.54) is 0 Å². The average Bonchev–Trinajstić information content (AvgIpc) is 2.36. The molecule has 0 atom stereocenters. The Morgan fingerprint density at radius 2 is 1.65 bits per heavy atom. The van der Waals surface area contributed by atoms with E-state index in [2.05, 4.69) is 4.98 Å². The van der Waals surface area contributed by atoms with E-state index >= 15 is 0 Å². The Morgan fingerprint density at radius 1 is 1.00 bits per heavy atom. The molecule has 0 amide bonds. The number of pyridine rings is 1. The molecule has 1 aromatic carbocycles. The molecule has 0 unspecified atom stereocenters. The highest BCUT2D eigenvalue weighted by Crippen LogP contribution is 2.18. The Morgan fingerprint density at radius 3 is 2.25 bits per heavy atom. The SMILES string of the molecule is Cc1cc(C)cc(C(=O)c2cncc(OC(C)C)c2)c1. The fraction of sp³-hybridized carbons (Fsp3) is 0.294. The van der Waals surface area contributed by atoms with Gasteiger partial charge in [0.15, 0.2) is 5.78 Å². The molecule has 0 bridgehead atoms. The molecule has 0 N–H and O–H groups in total. The minimum absolute atomic E-state index is 0.0292. The topological polar surface area (TPSA) is 39.2 Å². The second-order valence-corrected chi connectivity index (χ2v) is 5.28. The predicted molar refractivity (Wildman–Crippen MR) is 79.3 cm³/mol. The maximum atomic E-state index is 12.5. The van der Waals surface area contributed by atoms with Gasteiger partial charge in [0, 0.05) is 17.3 Å². The van der Waals surface area contributed by atoms with Crippen molar-refractivity contribution in [3.63, 3.8) is 0 Å². The molecule has 0 saturated heterocycles. The van der Waals surface area contributed by atoms with E-state index in [9.17, 15) is 4.79 Å². The molecule has 0 fully saturated rings. The fourth-order valence-electron chi connectivity index (χ4n) is 2.15. The number of hydrogen-bond acceptors (Lipinski definition) is 3. The molecule has 0 aliphatic carbocycles. The van der Waals surface area contributed by atoms with Crippen molar-refractivity contribution in [2.24, 2.45) is 0 Å². The Bertz CT molecular complexity index is 612. The number of aromatic nitrogens is 1. The van der Waals surface area contributed by atoms with Gasteiger partial charge in [0.2, 0.25) is 0 Å². The maximum Gasteiger partial charge on any atom is 0.194 e. The van der Waals surface area contributed by atoms with Crippen LogP contribution in [-0.4, -0.2) is 16.9 Å². The molecule has 0 aliphatic heterocycles. The molecule has 0 aliphatic rings. The lowest BCUT2D eigenvalue weighted by Crippen LogP contribution is -2.08. The van der Waals surface area contributed by atoms with Gasteiger partial charge >= 0.3 is 0 Å². The summed E-state index contributed by atoms with van der Waals surface area (Å²) < 4.78 is 5.57. The van der Waals surface area contributed by atoms with Crippen LogP contribution in [0.1, 0.15) is 40.9 Å². The van der Waals surface area contributed by atoms with Gasteiger partial charge in [-0.2, -0.15) is 0 Å². The molecule has 2 aromatic rings. The second kappa shape index (κ2) is 5.87. The number of ketones is 1. The maximum absolute atomic E-state index is 12.5. The van der Waals surface area contributed by atoms with Gasteiger partial charge in [-0.1, -0.05) is 17.2 Å². The van der Waals surface area contributed by atoms with E-state index in [1.807, 2.05) is 45.9 Å². The lowest BCUT2D eigenvalue weighted by atomic mass is 10.0. The van der Waals surface area contributed by atoms with E-state index in [1.54, 1.807) is 18.5 Å². The number of rotatable bonds is 4. The normalized spacial score (nSPS) is 10.7. The highest BCUT2D eigenvalue weighted by atomic mass is 16.5. The monoisotopic (exact) mass is 269 g/mol. The molecule has 0 radical (unpaired) electrons. The van der Waals surface area contributed by atoms with E-state index in [0.29, 0.717) is 16.9 Å². The number of benzene rings is 1. The third kappa shape index (κ3) is 3.44. The quantitative estimate of drug-likeness (QED) is 0.794. The molecule has 20 heavy (non-hydrogen) atoms. The summed E-state index contributed by atoms with van der Waals surface area (Å²) in [6, 6.07) is 7.58. The molecule has 1 aromatic heterocycles. The lowest BCUT2D eigenvalue weighted by molar-refractivity contribution is 0.103. The van der Waals surface area contributed by atoms with Crippen molar-refractivity contribution >= 4 is 5.78 Å². The third-order valence-corrected chi connectivity index (χ3v) is 2.83. The van der Waals surface area contributed by atoms with E-state index in [0.717, 1.165) is 11.1 Å². The van der Waals surface area contributed by atoms with Gasteiger partial charge in [0.05, 0.1) is 12.3 Å². The van der Waals surface area contributed by atoms with Crippen molar-refractivity contribution in [2.75, 3.05) is 0 Å². The molecule has 3 heteroatoms. The molecule has 1 heterocycles. The van der Waals surface area contributed by atoms with Crippen LogP contribution in [0, 0.1) is 13.8 Å². The summed E-state index contributed by atoms with van der Waals surface area (Å²) in [5.41, 5.74) is 3.39. The second-order valence-electron chi connectivity index (χ2n) is 5.28. The molecule has 0 spiro atoms. The van der Waals surface area contributed by atoms with Gasteiger partial charge in [0.1, 0.15) is 5.75 Å². The van der Waals surface area contributed by atoms with Crippen molar-refractivity contribution in [2.45, 2.75) is 33.8 Å². The van der Waals surface area contributed by atoms with Gasteiger partial charge in [-0.25, -0.2) is 0 Å². The summed E-state index contributed by atoms with van der Waals surface area (Å²) in [4.78, 5) is 16.6. The Labute approximate surface area is 119 Å². The van der Waals surface area contributed by atoms with Gasteiger partial charge in [-0.15, -0.1) is 0 Å². The minimum atomic E-state index is -0.0292. The largest absolute Gasteiger partial charge is 0.489 e. The standard InChI is InChI=1S/C17H19NO2/c1-11(2)20-16-8-15(9-18-10-16)17(19)14-6-12(3)5-13(4)7-14/h5-11H,1-4H3. The number of carbonyl (C=O) groups is 1. The lowest BCUT2D eigenvalue weighted by Gasteiger charge is -2.10. The molecule has 104 valence electrons. The first-order chi connectivity index (χ1) is 9.45. The predicted octanol–water partition coefficient (Wildman–Crippen LogP) is 3.72. The summed E-state index contributed by atoms with van der Waals surface area (Å²) in [6.45, 7) is 7.86. The van der Waals surface area contributed by atoms with Crippen LogP contribution >= 0.6 is 0 Å². The van der Waals surface area contributed by atoms with Crippen molar-refractivity contribution in [3.05, 3.63) is 58.9 Å². The van der Waals surface area contributed by atoms with E-state index < -0.39 is 0 Å². The van der Waals surface area contributed by atoms with Crippen molar-refractivity contribution in [1.82, 2.24) is 4.98 Å². The first-order valence-electron chi connectivity index (χ1n) is 6.70. The van der Waals surface area contributed by atoms with Crippen molar-refractivity contribution in [3.8, 4) is 5.75 Å². The zero-order valence-electron chi connectivity index (χ0n) is 12.3. The van der Waals surface area contributed by atoms with Crippen molar-refractivity contribution < 1.29 is 9.53 Å². The summed E-state index contributed by atoms with van der Waals surface area (Å²) in [5.74, 6) is 0.591. The zero-order chi connectivity index (χ0) is 14.7. The Balaban J connectivity index is 2.33. The van der Waals surface area contributed by atoms with Crippen LogP contribution < -0.4 is 4.74 Å². The molecular weight excluding hydrogens is 250 g/mol. The number of aryl methyl sites for hydroxylation is 2. The van der Waals surface area contributed by atoms with Crippen molar-refractivity contribution in [1.29, 1.82) is 0 Å². The van der Waals surface area contributed by atoms with E-state index in [4.69, 9.17) is 4.74 Å². The average molecular weight is 269 g/mol. The third-order valence-electron chi connectivity index (χ3n) is 2.83. The number of ether oxygens (including phenoxy) is 1. The molecule has 3 nitrogen and oxygen atoms in total. The van der Waals surface area contributed by atoms with Crippen LogP contribution in [0.4, 0.5) is 0 Å². The van der Waals surface area contributed by atoms with Crippen LogP contribution in [0.5, 0.6) is 5.75 Å². The Kier molecular flexibility index (Phi) is 4.18. The molecule has 0 saturated carbocycles. The van der Waals surface area contributed by atoms with E-state index in [-0.39, 0.29) is 11.9 Å². The number of carbonyl (C=O) groups excluding carboxylic acids is 1. The van der Waals surface area contributed by atoms with Gasteiger partial charge in [-0.05, 0) is 45.9 Å². The van der Waals surface area contributed by atoms with Crippen LogP contribution in [0.15, 0.2) is 36.7 Å². The fourth-order valence-corrected chi connectivity index (χ4v) is 2.15. The summed E-state index contributed by atoms with van der Waals surface area (Å²) in [7, 11) is 0. The Hall–Kier alpha value is -2.16.